The number of ether oxygens (including phenoxy) is 1. The van der Waals surface area contributed by atoms with E-state index in [1.54, 1.807) is 6.08 Å². The number of rotatable bonds is 6. The molecule has 0 saturated carbocycles. The largest absolute Gasteiger partial charge is 0.494 e. The summed E-state index contributed by atoms with van der Waals surface area (Å²) in [6.45, 7) is 10.7. The van der Waals surface area contributed by atoms with Gasteiger partial charge in [-0.15, -0.1) is 0 Å². The molecule has 1 heterocycles. The molecule has 0 aliphatic carbocycles. The lowest BCUT2D eigenvalue weighted by molar-refractivity contribution is -0.122. The summed E-state index contributed by atoms with van der Waals surface area (Å²) in [5.41, 5.74) is 4.60. The van der Waals surface area contributed by atoms with Crippen LogP contribution in [0.2, 0.25) is 0 Å². The van der Waals surface area contributed by atoms with Gasteiger partial charge in [0.1, 0.15) is 11.3 Å². The lowest BCUT2D eigenvalue weighted by atomic mass is 9.95. The molecule has 3 rings (SSSR count). The molecule has 6 heteroatoms. The van der Waals surface area contributed by atoms with Crippen LogP contribution in [-0.4, -0.2) is 23.5 Å². The average Bonchev–Trinajstić information content (AvgIpc) is 2.72. The van der Waals surface area contributed by atoms with Crippen molar-refractivity contribution in [1.82, 2.24) is 5.32 Å². The van der Waals surface area contributed by atoms with E-state index in [1.807, 2.05) is 50.2 Å². The fraction of sp³-hybridized carbons (Fsp3) is 0.320. The summed E-state index contributed by atoms with van der Waals surface area (Å²) < 4.78 is 5.78. The number of anilines is 1. The number of amides is 2. The van der Waals surface area contributed by atoms with E-state index in [-0.39, 0.29) is 16.6 Å². The van der Waals surface area contributed by atoms with Gasteiger partial charge in [-0.05, 0) is 91.0 Å². The third-order valence-electron chi connectivity index (χ3n) is 5.32. The van der Waals surface area contributed by atoms with Crippen molar-refractivity contribution in [2.24, 2.45) is 0 Å². The molecular weight excluding hydrogens is 408 g/mol. The third kappa shape index (κ3) is 4.69. The molecule has 1 saturated heterocycles. The van der Waals surface area contributed by atoms with E-state index in [9.17, 15) is 9.59 Å². The van der Waals surface area contributed by atoms with Crippen LogP contribution in [0.1, 0.15) is 55.9 Å². The molecule has 0 spiro atoms. The van der Waals surface area contributed by atoms with Crippen molar-refractivity contribution in [3.05, 3.63) is 64.2 Å². The van der Waals surface area contributed by atoms with Gasteiger partial charge in [-0.3, -0.25) is 19.8 Å². The molecule has 2 amide bonds. The second kappa shape index (κ2) is 9.43. The molecule has 0 radical (unpaired) electrons. The molecule has 2 aromatic carbocycles. The Bertz CT molecular complexity index is 1060. The Morgan fingerprint density at radius 1 is 1.13 bits per heavy atom. The number of nitrogens with one attached hydrogen (secondary N) is 1. The molecule has 1 aliphatic rings. The van der Waals surface area contributed by atoms with Crippen LogP contribution in [0.5, 0.6) is 5.75 Å². The Balaban J connectivity index is 2.04. The maximum absolute atomic E-state index is 13.3. The van der Waals surface area contributed by atoms with Crippen LogP contribution in [0.4, 0.5) is 5.69 Å². The minimum Gasteiger partial charge on any atom is -0.494 e. The van der Waals surface area contributed by atoms with Gasteiger partial charge in [0, 0.05) is 0 Å². The zero-order valence-corrected chi connectivity index (χ0v) is 19.4. The second-order valence-corrected chi connectivity index (χ2v) is 8.20. The van der Waals surface area contributed by atoms with Gasteiger partial charge in [-0.2, -0.15) is 0 Å². The van der Waals surface area contributed by atoms with Crippen molar-refractivity contribution < 1.29 is 14.3 Å². The standard InChI is InChI=1S/C25H28N2O3S/c1-6-17-8-10-19(11-9-17)27-24(29)21(23(28)26-25(27)31)14-18-13-20(15(3)4)22(30-7-2)12-16(18)5/h8-15H,6-7H2,1-5H3,(H,26,28,31). The average molecular weight is 437 g/mol. The first-order valence-corrected chi connectivity index (χ1v) is 10.9. The summed E-state index contributed by atoms with van der Waals surface area (Å²) >= 11 is 5.30. The normalized spacial score (nSPS) is 15.6. The summed E-state index contributed by atoms with van der Waals surface area (Å²) in [6, 6.07) is 11.6. The highest BCUT2D eigenvalue weighted by atomic mass is 32.1. The SMILES string of the molecule is CCOc1cc(C)c(C=C2C(=O)NC(=S)N(c3ccc(CC)cc3)C2=O)cc1C(C)C. The first-order chi connectivity index (χ1) is 14.8. The number of nitrogens with zero attached hydrogens (tertiary/aromatic N) is 1. The number of carbonyl (C=O) groups is 2. The highest BCUT2D eigenvalue weighted by Crippen LogP contribution is 2.31. The van der Waals surface area contributed by atoms with Crippen molar-refractivity contribution in [3.63, 3.8) is 0 Å². The van der Waals surface area contributed by atoms with E-state index in [1.165, 1.54) is 4.90 Å². The molecule has 5 nitrogen and oxygen atoms in total. The molecule has 0 bridgehead atoms. The lowest BCUT2D eigenvalue weighted by Crippen LogP contribution is -2.54. The number of benzene rings is 2. The van der Waals surface area contributed by atoms with Gasteiger partial charge < -0.3 is 4.74 Å². The van der Waals surface area contributed by atoms with Gasteiger partial charge in [0.15, 0.2) is 5.11 Å². The van der Waals surface area contributed by atoms with E-state index in [2.05, 4.69) is 26.1 Å². The van der Waals surface area contributed by atoms with Crippen molar-refractivity contribution in [2.75, 3.05) is 11.5 Å². The van der Waals surface area contributed by atoms with Crippen LogP contribution in [0.25, 0.3) is 6.08 Å². The molecule has 0 aromatic heterocycles. The van der Waals surface area contributed by atoms with Gasteiger partial charge >= 0.3 is 0 Å². The van der Waals surface area contributed by atoms with Crippen LogP contribution in [0, 0.1) is 6.92 Å². The fourth-order valence-corrected chi connectivity index (χ4v) is 3.81. The van der Waals surface area contributed by atoms with Crippen molar-refractivity contribution in [1.29, 1.82) is 0 Å². The summed E-state index contributed by atoms with van der Waals surface area (Å²) in [5, 5.41) is 2.74. The summed E-state index contributed by atoms with van der Waals surface area (Å²) in [7, 11) is 0. The van der Waals surface area contributed by atoms with E-state index >= 15 is 0 Å². The van der Waals surface area contributed by atoms with Gasteiger partial charge in [-0.25, -0.2) is 0 Å². The predicted molar refractivity (Wildman–Crippen MR) is 128 cm³/mol. The molecular formula is C25H28N2O3S. The molecule has 1 N–H and O–H groups in total. The molecule has 1 fully saturated rings. The topological polar surface area (TPSA) is 58.6 Å². The Kier molecular flexibility index (Phi) is 6.91. The van der Waals surface area contributed by atoms with Gasteiger partial charge in [0.05, 0.1) is 12.3 Å². The number of aryl methyl sites for hydroxylation is 2. The van der Waals surface area contributed by atoms with E-state index in [0.29, 0.717) is 12.3 Å². The molecule has 1 aliphatic heterocycles. The van der Waals surface area contributed by atoms with Gasteiger partial charge in [-0.1, -0.05) is 32.9 Å². The van der Waals surface area contributed by atoms with Gasteiger partial charge in [0.2, 0.25) is 0 Å². The maximum atomic E-state index is 13.3. The van der Waals surface area contributed by atoms with Crippen molar-refractivity contribution >= 4 is 40.9 Å². The molecule has 0 unspecified atom stereocenters. The van der Waals surface area contributed by atoms with Crippen LogP contribution < -0.4 is 15.0 Å². The third-order valence-corrected chi connectivity index (χ3v) is 5.61. The molecule has 162 valence electrons. The van der Waals surface area contributed by atoms with E-state index < -0.39 is 11.8 Å². The highest BCUT2D eigenvalue weighted by molar-refractivity contribution is 7.80. The summed E-state index contributed by atoms with van der Waals surface area (Å²) in [4.78, 5) is 27.3. The quantitative estimate of drug-likeness (QED) is 0.397. The Morgan fingerprint density at radius 2 is 1.81 bits per heavy atom. The molecule has 2 aromatic rings. The Morgan fingerprint density at radius 3 is 2.39 bits per heavy atom. The number of thiocarbonyl (C=S) groups is 1. The summed E-state index contributed by atoms with van der Waals surface area (Å²) in [5.74, 6) is 0.139. The zero-order valence-electron chi connectivity index (χ0n) is 18.6. The second-order valence-electron chi connectivity index (χ2n) is 7.81. The first kappa shape index (κ1) is 22.7. The monoisotopic (exact) mass is 436 g/mol. The van der Waals surface area contributed by atoms with Crippen molar-refractivity contribution in [3.8, 4) is 5.75 Å². The molecule has 31 heavy (non-hydrogen) atoms. The molecule has 0 atom stereocenters. The summed E-state index contributed by atoms with van der Waals surface area (Å²) in [6.07, 6.45) is 2.54. The minimum absolute atomic E-state index is 0.0511. The Hall–Kier alpha value is -2.99. The number of hydrogen-bond acceptors (Lipinski definition) is 4. The van der Waals surface area contributed by atoms with Crippen molar-refractivity contribution in [2.45, 2.75) is 47.0 Å². The number of carbonyl (C=O) groups excluding carboxylic acids is 2. The van der Waals surface area contributed by atoms with E-state index in [4.69, 9.17) is 17.0 Å². The van der Waals surface area contributed by atoms with E-state index in [0.717, 1.165) is 34.4 Å². The van der Waals surface area contributed by atoms with Crippen LogP contribution in [0.15, 0.2) is 42.0 Å². The fourth-order valence-electron chi connectivity index (χ4n) is 3.53. The van der Waals surface area contributed by atoms with Crippen LogP contribution in [-0.2, 0) is 16.0 Å². The van der Waals surface area contributed by atoms with Crippen LogP contribution in [0.3, 0.4) is 0 Å². The maximum Gasteiger partial charge on any atom is 0.270 e. The highest BCUT2D eigenvalue weighted by Gasteiger charge is 2.34. The zero-order chi connectivity index (χ0) is 22.7. The minimum atomic E-state index is -0.490. The smallest absolute Gasteiger partial charge is 0.270 e. The number of hydrogen-bond donors (Lipinski definition) is 1. The first-order valence-electron chi connectivity index (χ1n) is 10.5. The van der Waals surface area contributed by atoms with Crippen LogP contribution >= 0.6 is 12.2 Å². The lowest BCUT2D eigenvalue weighted by Gasteiger charge is -2.29. The Labute approximate surface area is 189 Å². The van der Waals surface area contributed by atoms with Gasteiger partial charge in [0.25, 0.3) is 11.8 Å². The predicted octanol–water partition coefficient (Wildman–Crippen LogP) is 4.91.